The number of fused-ring (bicyclic) bond motifs is 1. The molecule has 26 heavy (non-hydrogen) atoms. The van der Waals surface area contributed by atoms with E-state index in [-0.39, 0.29) is 5.78 Å². The van der Waals surface area contributed by atoms with E-state index in [2.05, 4.69) is 0 Å². The molecule has 0 N–H and O–H groups in total. The fraction of sp³-hybridized carbons (Fsp3) is 0.286. The zero-order chi connectivity index (χ0) is 18.7. The lowest BCUT2D eigenvalue weighted by Gasteiger charge is -2.20. The molecule has 0 radical (unpaired) electrons. The Bertz CT molecular complexity index is 867. The molecule has 1 aliphatic rings. The van der Waals surface area contributed by atoms with E-state index in [0.29, 0.717) is 29.2 Å². The van der Waals surface area contributed by atoms with Crippen molar-refractivity contribution >= 4 is 17.4 Å². The summed E-state index contributed by atoms with van der Waals surface area (Å²) in [5, 5.41) is 0. The van der Waals surface area contributed by atoms with Gasteiger partial charge < -0.3 is 18.9 Å². The van der Waals surface area contributed by atoms with Crippen LogP contribution in [0.3, 0.4) is 0 Å². The third-order valence-electron chi connectivity index (χ3n) is 4.56. The molecule has 5 heteroatoms. The largest absolute Gasteiger partial charge is 0.497 e. The van der Waals surface area contributed by atoms with Crippen LogP contribution >= 0.6 is 0 Å². The van der Waals surface area contributed by atoms with Gasteiger partial charge in [0.15, 0.2) is 17.3 Å². The number of ether oxygens (including phenoxy) is 4. The van der Waals surface area contributed by atoms with Gasteiger partial charge in [0.1, 0.15) is 11.5 Å². The molecule has 3 rings (SSSR count). The van der Waals surface area contributed by atoms with Crippen molar-refractivity contribution in [2.45, 2.75) is 12.8 Å². The molecule has 0 saturated carbocycles. The zero-order valence-corrected chi connectivity index (χ0v) is 15.4. The molecule has 136 valence electrons. The molecule has 0 atom stereocenters. The average molecular weight is 354 g/mol. The summed E-state index contributed by atoms with van der Waals surface area (Å²) in [5.41, 5.74) is 3.44. The van der Waals surface area contributed by atoms with Crippen LogP contribution in [-0.2, 0) is 11.2 Å². The quantitative estimate of drug-likeness (QED) is 0.765. The molecule has 0 fully saturated rings. The Balaban J connectivity index is 2.17. The number of benzene rings is 2. The number of carbonyl (C=O) groups excluding carboxylic acids is 1. The van der Waals surface area contributed by atoms with E-state index in [9.17, 15) is 4.79 Å². The van der Waals surface area contributed by atoms with E-state index in [4.69, 9.17) is 18.9 Å². The van der Waals surface area contributed by atoms with Crippen molar-refractivity contribution in [3.05, 3.63) is 47.0 Å². The van der Waals surface area contributed by atoms with Gasteiger partial charge in [-0.15, -0.1) is 0 Å². The average Bonchev–Trinajstić information content (AvgIpc) is 2.69. The Morgan fingerprint density at radius 3 is 2.15 bits per heavy atom. The van der Waals surface area contributed by atoms with Gasteiger partial charge in [-0.1, -0.05) is 6.07 Å². The number of hydrogen-bond acceptors (Lipinski definition) is 5. The Labute approximate surface area is 153 Å². The Kier molecular flexibility index (Phi) is 5.16. The second-order valence-electron chi connectivity index (χ2n) is 5.95. The van der Waals surface area contributed by atoms with E-state index in [1.165, 1.54) is 0 Å². The van der Waals surface area contributed by atoms with Crippen molar-refractivity contribution < 1.29 is 23.7 Å². The van der Waals surface area contributed by atoms with Gasteiger partial charge in [0, 0.05) is 23.6 Å². The highest BCUT2D eigenvalue weighted by Gasteiger charge is 2.23. The van der Waals surface area contributed by atoms with Gasteiger partial charge in [0.25, 0.3) is 0 Å². The Morgan fingerprint density at radius 1 is 0.808 bits per heavy atom. The normalized spacial score (nSPS) is 14.8. The number of ketones is 1. The van der Waals surface area contributed by atoms with Crippen LogP contribution in [0.2, 0.25) is 0 Å². The van der Waals surface area contributed by atoms with Crippen LogP contribution in [-0.4, -0.2) is 34.2 Å². The van der Waals surface area contributed by atoms with Gasteiger partial charge in [0.05, 0.1) is 28.4 Å². The molecule has 0 aliphatic heterocycles. The molecular formula is C21H22O5. The number of rotatable bonds is 5. The van der Waals surface area contributed by atoms with Crippen LogP contribution in [0.25, 0.3) is 11.6 Å². The fourth-order valence-corrected chi connectivity index (χ4v) is 3.16. The molecular weight excluding hydrogens is 332 g/mol. The van der Waals surface area contributed by atoms with Crippen molar-refractivity contribution in [2.24, 2.45) is 0 Å². The third kappa shape index (κ3) is 3.25. The van der Waals surface area contributed by atoms with Crippen LogP contribution in [0.1, 0.15) is 23.1 Å². The lowest BCUT2D eigenvalue weighted by molar-refractivity contribution is -0.113. The maximum atomic E-state index is 12.6. The maximum Gasteiger partial charge on any atom is 0.164 e. The second-order valence-corrected chi connectivity index (χ2v) is 5.95. The fourth-order valence-electron chi connectivity index (χ4n) is 3.16. The predicted molar refractivity (Wildman–Crippen MR) is 100 cm³/mol. The lowest BCUT2D eigenvalue weighted by Crippen LogP contribution is -2.12. The molecule has 2 aromatic rings. The second kappa shape index (κ2) is 7.52. The lowest BCUT2D eigenvalue weighted by atomic mass is 9.85. The minimum absolute atomic E-state index is 0.0996. The van der Waals surface area contributed by atoms with Crippen molar-refractivity contribution in [2.75, 3.05) is 28.4 Å². The monoisotopic (exact) mass is 354 g/mol. The number of Topliss-reactive ketones (excluding diaryl/α,β-unsaturated/α-hetero) is 1. The highest BCUT2D eigenvalue weighted by Crippen LogP contribution is 2.38. The van der Waals surface area contributed by atoms with Gasteiger partial charge >= 0.3 is 0 Å². The van der Waals surface area contributed by atoms with Crippen LogP contribution in [0, 0.1) is 0 Å². The maximum absolute atomic E-state index is 12.6. The third-order valence-corrected chi connectivity index (χ3v) is 4.56. The summed E-state index contributed by atoms with van der Waals surface area (Å²) >= 11 is 0. The summed E-state index contributed by atoms with van der Waals surface area (Å²) in [6.45, 7) is 0. The van der Waals surface area contributed by atoms with Crippen LogP contribution in [0.4, 0.5) is 0 Å². The SMILES string of the molecule is COc1ccc2c(c1)/C(=C\c1cc(OC)c(OC)cc1OC)C(=O)CC2. The summed E-state index contributed by atoms with van der Waals surface area (Å²) in [7, 11) is 6.35. The summed E-state index contributed by atoms with van der Waals surface area (Å²) in [4.78, 5) is 12.6. The van der Waals surface area contributed by atoms with Crippen molar-refractivity contribution in [1.29, 1.82) is 0 Å². The number of methoxy groups -OCH3 is 4. The van der Waals surface area contributed by atoms with Crippen LogP contribution < -0.4 is 18.9 Å². The van der Waals surface area contributed by atoms with E-state index in [0.717, 1.165) is 28.9 Å². The van der Waals surface area contributed by atoms with Crippen molar-refractivity contribution in [1.82, 2.24) is 0 Å². The standard InChI is InChI=1S/C21H22O5/c1-23-15-7-5-13-6-8-18(22)17(16(13)11-15)9-14-10-20(25-3)21(26-4)12-19(14)24-2/h5,7,9-12H,6,8H2,1-4H3/b17-9+. The minimum atomic E-state index is 0.0996. The molecule has 0 saturated heterocycles. The van der Waals surface area contributed by atoms with E-state index < -0.39 is 0 Å². The first-order valence-electron chi connectivity index (χ1n) is 8.33. The number of carbonyl (C=O) groups is 1. The van der Waals surface area contributed by atoms with Crippen LogP contribution in [0.5, 0.6) is 23.0 Å². The number of allylic oxidation sites excluding steroid dienone is 1. The first-order chi connectivity index (χ1) is 12.6. The summed E-state index contributed by atoms with van der Waals surface area (Å²) in [6.07, 6.45) is 3.07. The van der Waals surface area contributed by atoms with E-state index in [1.807, 2.05) is 30.3 Å². The first-order valence-corrected chi connectivity index (χ1v) is 8.33. The summed E-state index contributed by atoms with van der Waals surface area (Å²) < 4.78 is 21.5. The minimum Gasteiger partial charge on any atom is -0.497 e. The molecule has 0 aromatic heterocycles. The van der Waals surface area contributed by atoms with Gasteiger partial charge in [-0.05, 0) is 41.8 Å². The molecule has 0 unspecified atom stereocenters. The summed E-state index contributed by atoms with van der Waals surface area (Å²) in [5.74, 6) is 2.59. The Hall–Kier alpha value is -2.95. The number of aryl methyl sites for hydroxylation is 1. The van der Waals surface area contributed by atoms with Crippen molar-refractivity contribution in [3.63, 3.8) is 0 Å². The molecule has 5 nitrogen and oxygen atoms in total. The van der Waals surface area contributed by atoms with E-state index >= 15 is 0 Å². The molecule has 1 aliphatic carbocycles. The summed E-state index contributed by atoms with van der Waals surface area (Å²) in [6, 6.07) is 9.41. The zero-order valence-electron chi connectivity index (χ0n) is 15.4. The smallest absolute Gasteiger partial charge is 0.164 e. The van der Waals surface area contributed by atoms with Crippen LogP contribution in [0.15, 0.2) is 30.3 Å². The van der Waals surface area contributed by atoms with E-state index in [1.54, 1.807) is 34.5 Å². The van der Waals surface area contributed by atoms with Gasteiger partial charge in [0.2, 0.25) is 0 Å². The Morgan fingerprint density at radius 2 is 1.50 bits per heavy atom. The topological polar surface area (TPSA) is 54.0 Å². The molecule has 0 bridgehead atoms. The predicted octanol–water partition coefficient (Wildman–Crippen LogP) is 3.78. The highest BCUT2D eigenvalue weighted by atomic mass is 16.5. The molecule has 0 heterocycles. The van der Waals surface area contributed by atoms with Gasteiger partial charge in [-0.3, -0.25) is 4.79 Å². The molecule has 0 amide bonds. The van der Waals surface area contributed by atoms with Crippen molar-refractivity contribution in [3.8, 4) is 23.0 Å². The van der Waals surface area contributed by atoms with Gasteiger partial charge in [-0.2, -0.15) is 0 Å². The molecule has 2 aromatic carbocycles. The number of hydrogen-bond donors (Lipinski definition) is 0. The first kappa shape index (κ1) is 17.9. The molecule has 0 spiro atoms. The van der Waals surface area contributed by atoms with Gasteiger partial charge in [-0.25, -0.2) is 0 Å². The highest BCUT2D eigenvalue weighted by molar-refractivity contribution is 6.26.